The van der Waals surface area contributed by atoms with Crippen molar-refractivity contribution in [3.63, 3.8) is 0 Å². The Morgan fingerprint density at radius 3 is 3.19 bits per heavy atom. The van der Waals surface area contributed by atoms with Crippen molar-refractivity contribution in [3.05, 3.63) is 17.8 Å². The monoisotopic (exact) mass is 227 g/mol. The molecule has 1 saturated heterocycles. The molecule has 0 saturated carbocycles. The smallest absolute Gasteiger partial charge is 0.186 e. The van der Waals surface area contributed by atoms with Crippen LogP contribution in [0.2, 0.25) is 0 Å². The number of aryl methyl sites for hydroxylation is 1. The zero-order valence-electron chi connectivity index (χ0n) is 9.06. The lowest BCUT2D eigenvalue weighted by atomic mass is 10.2. The number of morpholine rings is 1. The topological polar surface area (TPSA) is 58.5 Å². The molecule has 1 aromatic heterocycles. The molecule has 0 spiro atoms. The summed E-state index contributed by atoms with van der Waals surface area (Å²) < 4.78 is 19.0. The van der Waals surface area contributed by atoms with Crippen molar-refractivity contribution in [3.8, 4) is 0 Å². The zero-order chi connectivity index (χ0) is 11.5. The van der Waals surface area contributed by atoms with E-state index in [1.54, 1.807) is 11.8 Å². The highest BCUT2D eigenvalue weighted by Crippen LogP contribution is 2.19. The molecule has 0 aromatic carbocycles. The predicted molar refractivity (Wildman–Crippen MR) is 55.8 cm³/mol. The Labute approximate surface area is 92.9 Å². The minimum atomic E-state index is -0.402. The van der Waals surface area contributed by atoms with E-state index in [9.17, 15) is 4.39 Å². The van der Waals surface area contributed by atoms with Gasteiger partial charge in [0.05, 0.1) is 25.0 Å². The SMILES string of the molecule is Cc1ncnc(N2CCOC(CO)C2)c1F. The van der Waals surface area contributed by atoms with Crippen molar-refractivity contribution in [1.29, 1.82) is 0 Å². The summed E-state index contributed by atoms with van der Waals surface area (Å²) in [6.07, 6.45) is 1.07. The number of nitrogens with zero attached hydrogens (tertiary/aromatic N) is 3. The first kappa shape index (κ1) is 11.2. The van der Waals surface area contributed by atoms with Crippen LogP contribution in [-0.4, -0.2) is 47.5 Å². The Hall–Kier alpha value is -1.27. The van der Waals surface area contributed by atoms with Crippen LogP contribution in [0.4, 0.5) is 10.2 Å². The molecule has 0 aliphatic carbocycles. The van der Waals surface area contributed by atoms with Gasteiger partial charge in [-0.15, -0.1) is 0 Å². The number of halogens is 1. The summed E-state index contributed by atoms with van der Waals surface area (Å²) in [6, 6.07) is 0. The second-order valence-electron chi connectivity index (χ2n) is 3.72. The van der Waals surface area contributed by atoms with Crippen LogP contribution >= 0.6 is 0 Å². The second-order valence-corrected chi connectivity index (χ2v) is 3.72. The molecule has 1 aliphatic rings. The molecule has 1 N–H and O–H groups in total. The van der Waals surface area contributed by atoms with Gasteiger partial charge >= 0.3 is 0 Å². The van der Waals surface area contributed by atoms with Crippen LogP contribution in [0.25, 0.3) is 0 Å². The van der Waals surface area contributed by atoms with E-state index in [2.05, 4.69) is 9.97 Å². The Kier molecular flexibility index (Phi) is 3.31. The maximum Gasteiger partial charge on any atom is 0.186 e. The van der Waals surface area contributed by atoms with Gasteiger partial charge in [0.2, 0.25) is 0 Å². The highest BCUT2D eigenvalue weighted by Gasteiger charge is 2.23. The highest BCUT2D eigenvalue weighted by atomic mass is 19.1. The number of aliphatic hydroxyl groups excluding tert-OH is 1. The number of ether oxygens (including phenoxy) is 1. The molecule has 1 unspecified atom stereocenters. The molecule has 16 heavy (non-hydrogen) atoms. The molecular weight excluding hydrogens is 213 g/mol. The Bertz CT molecular complexity index is 375. The second kappa shape index (κ2) is 4.71. The number of hydrogen-bond donors (Lipinski definition) is 1. The predicted octanol–water partition coefficient (Wildman–Crippen LogP) is 0.122. The van der Waals surface area contributed by atoms with Crippen molar-refractivity contribution in [1.82, 2.24) is 9.97 Å². The molecule has 88 valence electrons. The molecule has 0 radical (unpaired) electrons. The van der Waals surface area contributed by atoms with Crippen LogP contribution in [0.5, 0.6) is 0 Å². The van der Waals surface area contributed by atoms with E-state index in [1.807, 2.05) is 0 Å². The van der Waals surface area contributed by atoms with Gasteiger partial charge in [-0.3, -0.25) is 0 Å². The van der Waals surface area contributed by atoms with Crippen LogP contribution < -0.4 is 4.90 Å². The summed E-state index contributed by atoms with van der Waals surface area (Å²) in [6.45, 7) is 3.02. The quantitative estimate of drug-likeness (QED) is 0.777. The number of anilines is 1. The molecule has 0 bridgehead atoms. The fourth-order valence-corrected chi connectivity index (χ4v) is 1.69. The van der Waals surface area contributed by atoms with Crippen LogP contribution in [0, 0.1) is 12.7 Å². The maximum absolute atomic E-state index is 13.7. The number of aromatic nitrogens is 2. The van der Waals surface area contributed by atoms with Gasteiger partial charge in [0.15, 0.2) is 11.6 Å². The molecule has 6 heteroatoms. The number of hydrogen-bond acceptors (Lipinski definition) is 5. The standard InChI is InChI=1S/C10H14FN3O2/c1-7-9(11)10(13-6-12-7)14-2-3-16-8(4-14)5-15/h6,8,15H,2-5H2,1H3. The van der Waals surface area contributed by atoms with Gasteiger partial charge in [0, 0.05) is 13.1 Å². The fraction of sp³-hybridized carbons (Fsp3) is 0.600. The largest absolute Gasteiger partial charge is 0.394 e. The van der Waals surface area contributed by atoms with Gasteiger partial charge in [-0.05, 0) is 6.92 Å². The van der Waals surface area contributed by atoms with Crippen molar-refractivity contribution in [2.45, 2.75) is 13.0 Å². The summed E-state index contributed by atoms with van der Waals surface area (Å²) in [4.78, 5) is 9.49. The maximum atomic E-state index is 13.7. The lowest BCUT2D eigenvalue weighted by molar-refractivity contribution is 0.00317. The summed E-state index contributed by atoms with van der Waals surface area (Å²) in [5.74, 6) is -0.115. The van der Waals surface area contributed by atoms with Crippen molar-refractivity contribution in [2.75, 3.05) is 31.2 Å². The average molecular weight is 227 g/mol. The molecular formula is C10H14FN3O2. The van der Waals surface area contributed by atoms with Crippen molar-refractivity contribution < 1.29 is 14.2 Å². The zero-order valence-corrected chi connectivity index (χ0v) is 9.06. The normalized spacial score (nSPS) is 21.2. The molecule has 1 fully saturated rings. The number of rotatable bonds is 2. The van der Waals surface area contributed by atoms with E-state index in [0.29, 0.717) is 25.4 Å². The first-order valence-corrected chi connectivity index (χ1v) is 5.17. The van der Waals surface area contributed by atoms with Gasteiger partial charge in [0.1, 0.15) is 6.33 Å². The van der Waals surface area contributed by atoms with Crippen molar-refractivity contribution >= 4 is 5.82 Å². The summed E-state index contributed by atoms with van der Waals surface area (Å²) in [7, 11) is 0. The third-order valence-corrected chi connectivity index (χ3v) is 2.59. The summed E-state index contributed by atoms with van der Waals surface area (Å²) >= 11 is 0. The third-order valence-electron chi connectivity index (χ3n) is 2.59. The van der Waals surface area contributed by atoms with Gasteiger partial charge in [-0.2, -0.15) is 0 Å². The lowest BCUT2D eigenvalue weighted by Gasteiger charge is -2.32. The molecule has 2 rings (SSSR count). The van der Waals surface area contributed by atoms with Crippen LogP contribution in [0.15, 0.2) is 6.33 Å². The molecule has 0 amide bonds. The Balaban J connectivity index is 2.20. The molecule has 1 atom stereocenters. The summed E-state index contributed by atoms with van der Waals surface area (Å²) in [5, 5.41) is 9.00. The van der Waals surface area contributed by atoms with Crippen LogP contribution in [0.3, 0.4) is 0 Å². The van der Waals surface area contributed by atoms with Crippen LogP contribution in [0.1, 0.15) is 5.69 Å². The first-order valence-electron chi connectivity index (χ1n) is 5.17. The Morgan fingerprint density at radius 2 is 2.44 bits per heavy atom. The third kappa shape index (κ3) is 2.12. The van der Waals surface area contributed by atoms with E-state index in [4.69, 9.17) is 9.84 Å². The van der Waals surface area contributed by atoms with E-state index in [-0.39, 0.29) is 18.5 Å². The van der Waals surface area contributed by atoms with Crippen molar-refractivity contribution in [2.24, 2.45) is 0 Å². The fourth-order valence-electron chi connectivity index (χ4n) is 1.69. The molecule has 1 aromatic rings. The number of aliphatic hydroxyl groups is 1. The highest BCUT2D eigenvalue weighted by molar-refractivity contribution is 5.41. The Morgan fingerprint density at radius 1 is 1.62 bits per heavy atom. The lowest BCUT2D eigenvalue weighted by Crippen LogP contribution is -2.44. The minimum absolute atomic E-state index is 0.0673. The first-order chi connectivity index (χ1) is 7.72. The summed E-state index contributed by atoms with van der Waals surface area (Å²) in [5.41, 5.74) is 0.331. The van der Waals surface area contributed by atoms with Gasteiger partial charge in [-0.1, -0.05) is 0 Å². The molecule has 2 heterocycles. The average Bonchev–Trinajstić information content (AvgIpc) is 2.33. The minimum Gasteiger partial charge on any atom is -0.394 e. The molecule has 1 aliphatic heterocycles. The van der Waals surface area contributed by atoms with E-state index in [1.165, 1.54) is 6.33 Å². The van der Waals surface area contributed by atoms with E-state index < -0.39 is 5.82 Å². The van der Waals surface area contributed by atoms with Gasteiger partial charge < -0.3 is 14.7 Å². The van der Waals surface area contributed by atoms with Crippen LogP contribution in [-0.2, 0) is 4.74 Å². The van der Waals surface area contributed by atoms with E-state index >= 15 is 0 Å². The molecule has 5 nitrogen and oxygen atoms in total. The van der Waals surface area contributed by atoms with Gasteiger partial charge in [0.25, 0.3) is 0 Å². The van der Waals surface area contributed by atoms with E-state index in [0.717, 1.165) is 0 Å². The van der Waals surface area contributed by atoms with Gasteiger partial charge in [-0.25, -0.2) is 14.4 Å².